The first-order valence-electron chi connectivity index (χ1n) is 7.31. The summed E-state index contributed by atoms with van der Waals surface area (Å²) < 4.78 is 5.17. The van der Waals surface area contributed by atoms with Crippen LogP contribution in [0, 0.1) is 0 Å². The van der Waals surface area contributed by atoms with Crippen molar-refractivity contribution in [3.05, 3.63) is 52.1 Å². The maximum Gasteiger partial charge on any atom is 0.259 e. The number of methoxy groups -OCH3 is 1. The van der Waals surface area contributed by atoms with Gasteiger partial charge < -0.3 is 19.5 Å². The number of pyridine rings is 2. The summed E-state index contributed by atoms with van der Waals surface area (Å²) in [4.78, 5) is 34.9. The van der Waals surface area contributed by atoms with E-state index in [1.165, 1.54) is 19.4 Å². The Kier molecular flexibility index (Phi) is 4.01. The predicted octanol–water partition coefficient (Wildman–Crippen LogP) is 0.871. The number of ether oxygens (including phenoxy) is 1. The van der Waals surface area contributed by atoms with Crippen LogP contribution in [0.15, 0.2) is 35.4 Å². The zero-order valence-corrected chi connectivity index (χ0v) is 13.1. The number of aromatic nitrogens is 2. The lowest BCUT2D eigenvalue weighted by Gasteiger charge is -2.21. The van der Waals surface area contributed by atoms with Crippen molar-refractivity contribution in [3.8, 4) is 5.75 Å². The summed E-state index contributed by atoms with van der Waals surface area (Å²) in [7, 11) is 3.40. The third-order valence-corrected chi connectivity index (χ3v) is 3.92. The van der Waals surface area contributed by atoms with Gasteiger partial charge in [-0.25, -0.2) is 4.98 Å². The molecule has 1 aliphatic rings. The van der Waals surface area contributed by atoms with Crippen LogP contribution < -0.4 is 15.2 Å². The summed E-state index contributed by atoms with van der Waals surface area (Å²) in [6, 6.07) is 5.11. The molecule has 0 aromatic carbocycles. The Morgan fingerprint density at radius 2 is 2.22 bits per heavy atom. The van der Waals surface area contributed by atoms with Gasteiger partial charge in [0.2, 0.25) is 0 Å². The maximum atomic E-state index is 12.8. The van der Waals surface area contributed by atoms with Crippen LogP contribution in [0.1, 0.15) is 15.9 Å². The maximum absolute atomic E-state index is 12.8. The second-order valence-electron chi connectivity index (χ2n) is 5.41. The Morgan fingerprint density at radius 3 is 3.00 bits per heavy atom. The number of aromatic amines is 1. The lowest BCUT2D eigenvalue weighted by molar-refractivity contribution is 0.0748. The number of nitrogens with one attached hydrogen (secondary N) is 1. The average molecular weight is 314 g/mol. The van der Waals surface area contributed by atoms with Gasteiger partial charge in [0, 0.05) is 50.7 Å². The molecule has 3 rings (SSSR count). The lowest BCUT2D eigenvalue weighted by atomic mass is 10.2. The van der Waals surface area contributed by atoms with E-state index >= 15 is 0 Å². The smallest absolute Gasteiger partial charge is 0.259 e. The molecule has 1 amide bonds. The third-order valence-electron chi connectivity index (χ3n) is 3.92. The fourth-order valence-electron chi connectivity index (χ4n) is 2.69. The molecular formula is C16H18N4O3. The second kappa shape index (κ2) is 6.12. The number of nitrogens with zero attached hydrogens (tertiary/aromatic N) is 3. The summed E-state index contributed by atoms with van der Waals surface area (Å²) in [6.45, 7) is 1.71. The number of likely N-dealkylation sites (N-methyl/N-ethyl adjacent to an activating group) is 1. The highest BCUT2D eigenvalue weighted by Crippen LogP contribution is 2.24. The Balaban J connectivity index is 1.93. The van der Waals surface area contributed by atoms with Gasteiger partial charge in [0.05, 0.1) is 12.7 Å². The van der Waals surface area contributed by atoms with E-state index < -0.39 is 0 Å². The van der Waals surface area contributed by atoms with E-state index in [1.54, 1.807) is 11.1 Å². The van der Waals surface area contributed by atoms with Crippen molar-refractivity contribution in [1.29, 1.82) is 0 Å². The number of carbonyl (C=O) groups excluding carboxylic acids is 1. The molecule has 120 valence electrons. The molecule has 0 saturated heterocycles. The van der Waals surface area contributed by atoms with Crippen LogP contribution in [-0.4, -0.2) is 48.0 Å². The number of rotatable bonds is 2. The first-order chi connectivity index (χ1) is 11.1. The number of hydrogen-bond donors (Lipinski definition) is 1. The topological polar surface area (TPSA) is 78.5 Å². The van der Waals surface area contributed by atoms with Gasteiger partial charge in [0.15, 0.2) is 0 Å². The molecule has 2 aromatic heterocycles. The molecule has 23 heavy (non-hydrogen) atoms. The predicted molar refractivity (Wildman–Crippen MR) is 85.9 cm³/mol. The first kappa shape index (κ1) is 15.1. The number of fused-ring (bicyclic) bond motifs is 1. The van der Waals surface area contributed by atoms with Crippen LogP contribution in [0.2, 0.25) is 0 Å². The third kappa shape index (κ3) is 2.90. The number of hydrogen-bond acceptors (Lipinski definition) is 5. The van der Waals surface area contributed by atoms with Crippen LogP contribution >= 0.6 is 0 Å². The average Bonchev–Trinajstić information content (AvgIpc) is 2.74. The molecule has 0 radical (unpaired) electrons. The van der Waals surface area contributed by atoms with Crippen LogP contribution in [0.5, 0.6) is 5.75 Å². The SMILES string of the molecule is COc1cc(=O)[nH]cc1C(=O)N1CCN(C)c2ncccc2C1. The van der Waals surface area contributed by atoms with E-state index in [1.807, 2.05) is 24.1 Å². The monoisotopic (exact) mass is 314 g/mol. The van der Waals surface area contributed by atoms with Gasteiger partial charge >= 0.3 is 0 Å². The standard InChI is InChI=1S/C16H18N4O3/c1-19-6-7-20(10-11-4-3-5-17-15(11)19)16(22)12-9-18-14(21)8-13(12)23-2/h3-5,8-9H,6-7,10H2,1-2H3,(H,18,21). The number of carbonyl (C=O) groups is 1. The minimum atomic E-state index is -0.302. The molecule has 7 heteroatoms. The molecule has 7 nitrogen and oxygen atoms in total. The molecule has 0 saturated carbocycles. The molecule has 2 aromatic rings. The van der Waals surface area contributed by atoms with E-state index in [4.69, 9.17) is 4.74 Å². The highest BCUT2D eigenvalue weighted by atomic mass is 16.5. The van der Waals surface area contributed by atoms with E-state index in [2.05, 4.69) is 9.97 Å². The highest BCUT2D eigenvalue weighted by Gasteiger charge is 2.25. The fourth-order valence-corrected chi connectivity index (χ4v) is 2.69. The van der Waals surface area contributed by atoms with Crippen LogP contribution in [0.4, 0.5) is 5.82 Å². The minimum absolute atomic E-state index is 0.178. The van der Waals surface area contributed by atoms with Gasteiger partial charge in [0.1, 0.15) is 11.6 Å². The zero-order chi connectivity index (χ0) is 16.4. The lowest BCUT2D eigenvalue weighted by Crippen LogP contribution is -2.34. The normalized spacial score (nSPS) is 14.2. The van der Waals surface area contributed by atoms with Crippen molar-refractivity contribution in [3.63, 3.8) is 0 Å². The Labute approximate surface area is 133 Å². The van der Waals surface area contributed by atoms with Crippen LogP contribution in [0.25, 0.3) is 0 Å². The molecule has 0 fully saturated rings. The van der Waals surface area contributed by atoms with Gasteiger partial charge in [-0.15, -0.1) is 0 Å². The van der Waals surface area contributed by atoms with Gasteiger partial charge in [-0.1, -0.05) is 6.07 Å². The molecule has 1 aliphatic heterocycles. The van der Waals surface area contributed by atoms with Crippen LogP contribution in [0.3, 0.4) is 0 Å². The molecule has 1 N–H and O–H groups in total. The summed E-state index contributed by atoms with van der Waals surface area (Å²) in [6.07, 6.45) is 3.15. The van der Waals surface area contributed by atoms with Crippen molar-refractivity contribution >= 4 is 11.7 Å². The number of anilines is 1. The molecule has 0 atom stereocenters. The van der Waals surface area contributed by atoms with Crippen molar-refractivity contribution < 1.29 is 9.53 Å². The van der Waals surface area contributed by atoms with Crippen LogP contribution in [-0.2, 0) is 6.54 Å². The molecule has 0 spiro atoms. The molecule has 0 unspecified atom stereocenters. The summed E-state index contributed by atoms with van der Waals surface area (Å²) in [5.41, 5.74) is 1.04. The molecular weight excluding hydrogens is 296 g/mol. The largest absolute Gasteiger partial charge is 0.496 e. The first-order valence-corrected chi connectivity index (χ1v) is 7.31. The highest BCUT2D eigenvalue weighted by molar-refractivity contribution is 5.96. The van der Waals surface area contributed by atoms with Crippen molar-refractivity contribution in [1.82, 2.24) is 14.9 Å². The Morgan fingerprint density at radius 1 is 1.39 bits per heavy atom. The van der Waals surface area contributed by atoms with E-state index in [-0.39, 0.29) is 17.2 Å². The Hall–Kier alpha value is -2.83. The van der Waals surface area contributed by atoms with Gasteiger partial charge in [-0.2, -0.15) is 0 Å². The minimum Gasteiger partial charge on any atom is -0.496 e. The summed E-state index contributed by atoms with van der Waals surface area (Å²) in [5, 5.41) is 0. The van der Waals surface area contributed by atoms with Gasteiger partial charge in [0.25, 0.3) is 11.5 Å². The van der Waals surface area contributed by atoms with Crippen molar-refractivity contribution in [2.45, 2.75) is 6.54 Å². The van der Waals surface area contributed by atoms with Gasteiger partial charge in [-0.3, -0.25) is 9.59 Å². The quantitative estimate of drug-likeness (QED) is 0.890. The summed E-state index contributed by atoms with van der Waals surface area (Å²) in [5.74, 6) is 0.988. The van der Waals surface area contributed by atoms with Crippen molar-refractivity contribution in [2.75, 3.05) is 32.1 Å². The Bertz CT molecular complexity index is 787. The van der Waals surface area contributed by atoms with Crippen molar-refractivity contribution in [2.24, 2.45) is 0 Å². The zero-order valence-electron chi connectivity index (χ0n) is 13.1. The van der Waals surface area contributed by atoms with Gasteiger partial charge in [-0.05, 0) is 6.07 Å². The van der Waals surface area contributed by atoms with E-state index in [0.717, 1.165) is 11.4 Å². The van der Waals surface area contributed by atoms with E-state index in [9.17, 15) is 9.59 Å². The molecule has 3 heterocycles. The molecule has 0 aliphatic carbocycles. The van der Waals surface area contributed by atoms with E-state index in [0.29, 0.717) is 25.2 Å². The molecule has 0 bridgehead atoms. The summed E-state index contributed by atoms with van der Waals surface area (Å²) >= 11 is 0. The fraction of sp³-hybridized carbons (Fsp3) is 0.312. The second-order valence-corrected chi connectivity index (χ2v) is 5.41. The number of amides is 1. The number of H-pyrrole nitrogens is 1.